The summed E-state index contributed by atoms with van der Waals surface area (Å²) in [6.07, 6.45) is 0. The lowest BCUT2D eigenvalue weighted by atomic mass is 10.2. The number of esters is 1. The summed E-state index contributed by atoms with van der Waals surface area (Å²) in [6.45, 7) is -0.665. The fourth-order valence-corrected chi connectivity index (χ4v) is 3.35. The van der Waals surface area contributed by atoms with Gasteiger partial charge in [0.2, 0.25) is 5.78 Å². The molecule has 3 N–H and O–H groups in total. The highest BCUT2D eigenvalue weighted by molar-refractivity contribution is 6.05. The number of nitrogens with zero attached hydrogens (tertiary/aromatic N) is 3. The molecule has 10 heteroatoms. The molecular formula is C22H19N5O5. The highest BCUT2D eigenvalue weighted by atomic mass is 16.5. The summed E-state index contributed by atoms with van der Waals surface area (Å²) in [6, 6.07) is 15.9. The molecule has 2 aromatic carbocycles. The minimum atomic E-state index is -0.858. The van der Waals surface area contributed by atoms with Crippen LogP contribution in [0.2, 0.25) is 0 Å². The quantitative estimate of drug-likeness (QED) is 0.342. The maximum absolute atomic E-state index is 12.8. The SMILES string of the molecule is Cn1c(=O)c(C(=O)COC(=O)c2n[nH]c3ccccc23)c(N)n(Cc2ccccc2)c1=O. The molecule has 162 valence electrons. The largest absolute Gasteiger partial charge is 0.452 e. The number of aromatic nitrogens is 4. The minimum Gasteiger partial charge on any atom is -0.452 e. The van der Waals surface area contributed by atoms with Crippen LogP contribution in [-0.4, -0.2) is 37.7 Å². The maximum Gasteiger partial charge on any atom is 0.359 e. The van der Waals surface area contributed by atoms with Gasteiger partial charge in [0.1, 0.15) is 11.4 Å². The molecule has 4 rings (SSSR count). The molecule has 0 aliphatic carbocycles. The van der Waals surface area contributed by atoms with Crippen LogP contribution >= 0.6 is 0 Å². The van der Waals surface area contributed by atoms with Crippen molar-refractivity contribution in [1.29, 1.82) is 0 Å². The van der Waals surface area contributed by atoms with Crippen molar-refractivity contribution in [3.8, 4) is 0 Å². The number of Topliss-reactive ketones (excluding diaryl/α,β-unsaturated/α-hetero) is 1. The lowest BCUT2D eigenvalue weighted by Gasteiger charge is -2.14. The number of hydrogen-bond donors (Lipinski definition) is 2. The first-order valence-electron chi connectivity index (χ1n) is 9.65. The molecule has 0 unspecified atom stereocenters. The van der Waals surface area contributed by atoms with E-state index in [2.05, 4.69) is 10.2 Å². The number of carbonyl (C=O) groups excluding carboxylic acids is 2. The van der Waals surface area contributed by atoms with E-state index in [1.165, 1.54) is 7.05 Å². The number of nitrogens with two attached hydrogens (primary N) is 1. The lowest BCUT2D eigenvalue weighted by molar-refractivity contribution is 0.0470. The molecule has 0 spiro atoms. The first-order chi connectivity index (χ1) is 15.4. The van der Waals surface area contributed by atoms with Crippen molar-refractivity contribution in [3.05, 3.63) is 92.3 Å². The van der Waals surface area contributed by atoms with Gasteiger partial charge in [0.05, 0.1) is 12.1 Å². The van der Waals surface area contributed by atoms with Crippen molar-refractivity contribution < 1.29 is 14.3 Å². The van der Waals surface area contributed by atoms with Gasteiger partial charge >= 0.3 is 11.7 Å². The highest BCUT2D eigenvalue weighted by Crippen LogP contribution is 2.16. The Hall–Kier alpha value is -4.47. The van der Waals surface area contributed by atoms with Crippen LogP contribution in [0.4, 0.5) is 5.82 Å². The third-order valence-corrected chi connectivity index (χ3v) is 5.04. The van der Waals surface area contributed by atoms with E-state index in [0.717, 1.165) is 14.7 Å². The summed E-state index contributed by atoms with van der Waals surface area (Å²) in [5.41, 5.74) is 5.53. The smallest absolute Gasteiger partial charge is 0.359 e. The van der Waals surface area contributed by atoms with Crippen LogP contribution in [0.5, 0.6) is 0 Å². The van der Waals surface area contributed by atoms with Crippen molar-refractivity contribution in [2.75, 3.05) is 12.3 Å². The van der Waals surface area contributed by atoms with E-state index in [1.54, 1.807) is 48.5 Å². The molecule has 0 saturated carbocycles. The van der Waals surface area contributed by atoms with Gasteiger partial charge in [-0.15, -0.1) is 0 Å². The average molecular weight is 433 g/mol. The van der Waals surface area contributed by atoms with Crippen molar-refractivity contribution in [3.63, 3.8) is 0 Å². The zero-order valence-electron chi connectivity index (χ0n) is 17.1. The number of ether oxygens (including phenoxy) is 1. The number of rotatable bonds is 6. The predicted octanol–water partition coefficient (Wildman–Crippen LogP) is 1.09. The van der Waals surface area contributed by atoms with Crippen LogP contribution in [0, 0.1) is 0 Å². The number of fused-ring (bicyclic) bond motifs is 1. The zero-order valence-corrected chi connectivity index (χ0v) is 17.1. The number of carbonyl (C=O) groups is 2. The molecule has 10 nitrogen and oxygen atoms in total. The molecule has 0 saturated heterocycles. The van der Waals surface area contributed by atoms with Gasteiger partial charge in [-0.05, 0) is 11.6 Å². The van der Waals surface area contributed by atoms with Gasteiger partial charge in [-0.2, -0.15) is 5.10 Å². The molecule has 0 atom stereocenters. The standard InChI is InChI=1S/C22H19N5O5/c1-26-20(29)17(19(23)27(22(26)31)11-13-7-3-2-4-8-13)16(28)12-32-21(30)18-14-9-5-6-10-15(14)24-25-18/h2-10H,11-12,23H2,1H3,(H,24,25). The summed E-state index contributed by atoms with van der Waals surface area (Å²) < 4.78 is 7.02. The van der Waals surface area contributed by atoms with Crippen LogP contribution in [0.1, 0.15) is 26.4 Å². The first kappa shape index (κ1) is 20.8. The van der Waals surface area contributed by atoms with Gasteiger partial charge in [0, 0.05) is 12.4 Å². The summed E-state index contributed by atoms with van der Waals surface area (Å²) in [7, 11) is 1.25. The molecular weight excluding hydrogens is 414 g/mol. The molecule has 2 heterocycles. The minimum absolute atomic E-state index is 0.0170. The highest BCUT2D eigenvalue weighted by Gasteiger charge is 2.24. The van der Waals surface area contributed by atoms with Crippen molar-refractivity contribution >= 4 is 28.5 Å². The normalized spacial score (nSPS) is 10.9. The third-order valence-electron chi connectivity index (χ3n) is 5.04. The Morgan fingerprint density at radius 2 is 1.75 bits per heavy atom. The molecule has 4 aromatic rings. The predicted molar refractivity (Wildman–Crippen MR) is 117 cm³/mol. The van der Waals surface area contributed by atoms with E-state index in [9.17, 15) is 19.2 Å². The number of nitrogens with one attached hydrogen (secondary N) is 1. The van der Waals surface area contributed by atoms with E-state index in [-0.39, 0.29) is 18.1 Å². The Morgan fingerprint density at radius 1 is 1.06 bits per heavy atom. The third kappa shape index (κ3) is 3.69. The van der Waals surface area contributed by atoms with E-state index >= 15 is 0 Å². The van der Waals surface area contributed by atoms with E-state index < -0.39 is 35.2 Å². The number of benzene rings is 2. The molecule has 32 heavy (non-hydrogen) atoms. The van der Waals surface area contributed by atoms with Crippen LogP contribution in [0.15, 0.2) is 64.2 Å². The van der Waals surface area contributed by atoms with Crippen molar-refractivity contribution in [2.24, 2.45) is 7.05 Å². The second-order valence-electron chi connectivity index (χ2n) is 7.10. The topological polar surface area (TPSA) is 142 Å². The van der Waals surface area contributed by atoms with Gasteiger partial charge < -0.3 is 10.5 Å². The summed E-state index contributed by atoms with van der Waals surface area (Å²) >= 11 is 0. The average Bonchev–Trinajstić information content (AvgIpc) is 3.24. The van der Waals surface area contributed by atoms with E-state index in [1.807, 2.05) is 6.07 Å². The maximum atomic E-state index is 12.8. The number of hydrogen-bond acceptors (Lipinski definition) is 7. The fourth-order valence-electron chi connectivity index (χ4n) is 3.35. The second-order valence-corrected chi connectivity index (χ2v) is 7.10. The zero-order chi connectivity index (χ0) is 22.8. The van der Waals surface area contributed by atoms with Crippen LogP contribution < -0.4 is 17.0 Å². The summed E-state index contributed by atoms with van der Waals surface area (Å²) in [5, 5.41) is 7.16. The molecule has 0 fully saturated rings. The van der Waals surface area contributed by atoms with Crippen LogP contribution in [0.25, 0.3) is 10.9 Å². The van der Waals surface area contributed by atoms with Gasteiger partial charge in [-0.3, -0.25) is 23.8 Å². The Kier molecular flexibility index (Phi) is 5.42. The van der Waals surface area contributed by atoms with Crippen LogP contribution in [0.3, 0.4) is 0 Å². The number of anilines is 1. The Morgan fingerprint density at radius 3 is 2.50 bits per heavy atom. The lowest BCUT2D eigenvalue weighted by Crippen LogP contribution is -2.43. The molecule has 0 radical (unpaired) electrons. The Bertz CT molecular complexity index is 1450. The monoisotopic (exact) mass is 433 g/mol. The fraction of sp³-hybridized carbons (Fsp3) is 0.136. The number of para-hydroxylation sites is 1. The summed E-state index contributed by atoms with van der Waals surface area (Å²) in [4.78, 5) is 50.4. The van der Waals surface area contributed by atoms with Gasteiger partial charge in [0.15, 0.2) is 12.3 Å². The number of H-pyrrole nitrogens is 1. The Balaban J connectivity index is 1.61. The second kappa shape index (κ2) is 8.34. The van der Waals surface area contributed by atoms with Crippen molar-refractivity contribution in [1.82, 2.24) is 19.3 Å². The molecule has 0 aliphatic heterocycles. The van der Waals surface area contributed by atoms with Crippen LogP contribution in [-0.2, 0) is 18.3 Å². The number of ketones is 1. The van der Waals surface area contributed by atoms with Crippen molar-refractivity contribution in [2.45, 2.75) is 6.54 Å². The van der Waals surface area contributed by atoms with Gasteiger partial charge in [0.25, 0.3) is 5.56 Å². The van der Waals surface area contributed by atoms with E-state index in [4.69, 9.17) is 10.5 Å². The first-order valence-corrected chi connectivity index (χ1v) is 9.65. The van der Waals surface area contributed by atoms with Gasteiger partial charge in [-0.1, -0.05) is 48.5 Å². The molecule has 0 amide bonds. The van der Waals surface area contributed by atoms with E-state index in [0.29, 0.717) is 10.9 Å². The van der Waals surface area contributed by atoms with Gasteiger partial charge in [-0.25, -0.2) is 9.59 Å². The molecule has 0 aliphatic rings. The molecule has 0 bridgehead atoms. The number of aromatic amines is 1. The Labute approximate surface area is 180 Å². The molecule has 2 aromatic heterocycles. The summed E-state index contributed by atoms with van der Waals surface area (Å²) in [5.74, 6) is -1.94. The number of nitrogen functional groups attached to an aromatic ring is 1.